The number of aryl methyl sites for hydroxylation is 1. The fourth-order valence-electron chi connectivity index (χ4n) is 5.11. The Labute approximate surface area is 229 Å². The van der Waals surface area contributed by atoms with Crippen molar-refractivity contribution in [1.29, 1.82) is 0 Å². The number of carbonyl (C=O) groups excluding carboxylic acids is 2. The van der Waals surface area contributed by atoms with Crippen molar-refractivity contribution < 1.29 is 28.5 Å². The third-order valence-corrected chi connectivity index (χ3v) is 7.21. The molecular weight excluding hydrogens is 494 g/mol. The standard InChI is InChI=1S/C32H35NO6/c1-36-27-14-9-24(10-15-27)32(39-4,25-11-16-28(37-2)17-12-25)26-13-18-29(38-3)23(22-26)8-6-5-7-21-33-30(34)19-20-31(33)35/h9-20,22H,5-8,21H2,1-4H3. The van der Waals surface area contributed by atoms with Gasteiger partial charge in [0.05, 0.1) is 21.3 Å². The molecule has 0 unspecified atom stereocenters. The third kappa shape index (κ3) is 5.83. The molecule has 0 radical (unpaired) electrons. The Kier molecular flexibility index (Phi) is 9.04. The summed E-state index contributed by atoms with van der Waals surface area (Å²) in [7, 11) is 6.69. The first-order valence-corrected chi connectivity index (χ1v) is 13.0. The maximum Gasteiger partial charge on any atom is 0.253 e. The van der Waals surface area contributed by atoms with Crippen LogP contribution in [0.2, 0.25) is 0 Å². The van der Waals surface area contributed by atoms with Crippen molar-refractivity contribution in [3.05, 3.63) is 101 Å². The third-order valence-electron chi connectivity index (χ3n) is 7.21. The van der Waals surface area contributed by atoms with E-state index >= 15 is 0 Å². The van der Waals surface area contributed by atoms with Gasteiger partial charge in [0.25, 0.3) is 11.8 Å². The van der Waals surface area contributed by atoms with Gasteiger partial charge in [-0.2, -0.15) is 0 Å². The molecule has 7 nitrogen and oxygen atoms in total. The Morgan fingerprint density at radius 1 is 0.641 bits per heavy atom. The van der Waals surface area contributed by atoms with Gasteiger partial charge in [0, 0.05) is 25.8 Å². The SMILES string of the molecule is COc1ccc(C(OC)(c2ccc(OC)cc2)c2ccc(OC)c(CCCCCN3C(=O)C=CC3=O)c2)cc1. The number of methoxy groups -OCH3 is 4. The molecule has 0 saturated carbocycles. The first-order chi connectivity index (χ1) is 19.0. The van der Waals surface area contributed by atoms with Crippen molar-refractivity contribution in [2.24, 2.45) is 0 Å². The minimum absolute atomic E-state index is 0.234. The fraction of sp³-hybridized carbons (Fsp3) is 0.312. The molecule has 4 rings (SSSR count). The van der Waals surface area contributed by atoms with Crippen molar-refractivity contribution in [3.8, 4) is 17.2 Å². The summed E-state index contributed by atoms with van der Waals surface area (Å²) in [5.74, 6) is 1.87. The normalized spacial score (nSPS) is 13.2. The molecule has 204 valence electrons. The number of unbranched alkanes of at least 4 members (excludes halogenated alkanes) is 2. The van der Waals surface area contributed by atoms with Crippen LogP contribution in [0.15, 0.2) is 78.9 Å². The van der Waals surface area contributed by atoms with Crippen LogP contribution in [0.25, 0.3) is 0 Å². The van der Waals surface area contributed by atoms with Gasteiger partial charge in [0.2, 0.25) is 0 Å². The summed E-state index contributed by atoms with van der Waals surface area (Å²) < 4.78 is 22.9. The van der Waals surface area contributed by atoms with Crippen LogP contribution in [0.1, 0.15) is 41.5 Å². The molecule has 3 aromatic rings. The number of carbonyl (C=O) groups is 2. The van der Waals surface area contributed by atoms with E-state index in [1.54, 1.807) is 28.4 Å². The largest absolute Gasteiger partial charge is 0.497 e. The predicted octanol–water partition coefficient (Wildman–Crippen LogP) is 5.29. The maximum absolute atomic E-state index is 11.8. The van der Waals surface area contributed by atoms with Crippen LogP contribution in [0.3, 0.4) is 0 Å². The van der Waals surface area contributed by atoms with Gasteiger partial charge in [-0.3, -0.25) is 14.5 Å². The second kappa shape index (κ2) is 12.6. The summed E-state index contributed by atoms with van der Waals surface area (Å²) in [5, 5.41) is 0. The lowest BCUT2D eigenvalue weighted by atomic mass is 9.79. The predicted molar refractivity (Wildman–Crippen MR) is 149 cm³/mol. The average molecular weight is 530 g/mol. The fourth-order valence-corrected chi connectivity index (χ4v) is 5.11. The van der Waals surface area contributed by atoms with E-state index in [-0.39, 0.29) is 11.8 Å². The van der Waals surface area contributed by atoms with Crippen molar-refractivity contribution in [1.82, 2.24) is 4.90 Å². The molecule has 1 heterocycles. The first-order valence-electron chi connectivity index (χ1n) is 13.0. The highest BCUT2D eigenvalue weighted by molar-refractivity contribution is 6.12. The van der Waals surface area contributed by atoms with Crippen LogP contribution in [0.5, 0.6) is 17.2 Å². The van der Waals surface area contributed by atoms with Gasteiger partial charge in [0.1, 0.15) is 22.8 Å². The van der Waals surface area contributed by atoms with Crippen LogP contribution < -0.4 is 14.2 Å². The second-order valence-corrected chi connectivity index (χ2v) is 9.34. The van der Waals surface area contributed by atoms with Gasteiger partial charge in [-0.1, -0.05) is 36.8 Å². The van der Waals surface area contributed by atoms with E-state index in [0.29, 0.717) is 6.54 Å². The van der Waals surface area contributed by atoms with Gasteiger partial charge < -0.3 is 18.9 Å². The molecule has 0 saturated heterocycles. The highest BCUT2D eigenvalue weighted by Crippen LogP contribution is 2.42. The van der Waals surface area contributed by atoms with E-state index in [4.69, 9.17) is 18.9 Å². The summed E-state index contributed by atoms with van der Waals surface area (Å²) >= 11 is 0. The van der Waals surface area contributed by atoms with Gasteiger partial charge in [-0.25, -0.2) is 0 Å². The van der Waals surface area contributed by atoms with E-state index in [1.807, 2.05) is 60.7 Å². The number of imide groups is 1. The van der Waals surface area contributed by atoms with E-state index in [9.17, 15) is 9.59 Å². The molecule has 7 heteroatoms. The minimum Gasteiger partial charge on any atom is -0.497 e. The Morgan fingerprint density at radius 2 is 1.18 bits per heavy atom. The Bertz CT molecular complexity index is 1250. The molecule has 39 heavy (non-hydrogen) atoms. The lowest BCUT2D eigenvalue weighted by Gasteiger charge is -2.35. The van der Waals surface area contributed by atoms with Crippen LogP contribution in [-0.4, -0.2) is 51.7 Å². The average Bonchev–Trinajstić information content (AvgIpc) is 3.30. The number of hydrogen-bond donors (Lipinski definition) is 0. The van der Waals surface area contributed by atoms with E-state index in [2.05, 4.69) is 6.07 Å². The zero-order chi connectivity index (χ0) is 27.8. The van der Waals surface area contributed by atoms with Crippen molar-refractivity contribution in [2.45, 2.75) is 31.3 Å². The zero-order valence-corrected chi connectivity index (χ0v) is 22.9. The number of benzene rings is 3. The Morgan fingerprint density at radius 3 is 1.67 bits per heavy atom. The monoisotopic (exact) mass is 529 g/mol. The topological polar surface area (TPSA) is 74.3 Å². The van der Waals surface area contributed by atoms with Crippen molar-refractivity contribution >= 4 is 11.8 Å². The molecule has 1 aliphatic rings. The number of ether oxygens (including phenoxy) is 4. The Hall–Kier alpha value is -4.10. The lowest BCUT2D eigenvalue weighted by molar-refractivity contribution is -0.136. The zero-order valence-electron chi connectivity index (χ0n) is 22.9. The number of rotatable bonds is 13. The van der Waals surface area contributed by atoms with Crippen molar-refractivity contribution in [3.63, 3.8) is 0 Å². The molecule has 3 aromatic carbocycles. The van der Waals surface area contributed by atoms with Gasteiger partial charge in [-0.15, -0.1) is 0 Å². The Balaban J connectivity index is 1.63. The lowest BCUT2D eigenvalue weighted by Crippen LogP contribution is -2.31. The smallest absolute Gasteiger partial charge is 0.253 e. The number of hydrogen-bond acceptors (Lipinski definition) is 6. The maximum atomic E-state index is 11.8. The van der Waals surface area contributed by atoms with Crippen LogP contribution in [0, 0.1) is 0 Å². The van der Waals surface area contributed by atoms with Crippen LogP contribution in [-0.2, 0) is 26.3 Å². The molecule has 2 amide bonds. The number of nitrogens with zero attached hydrogens (tertiary/aromatic N) is 1. The van der Waals surface area contributed by atoms with Crippen LogP contribution in [0.4, 0.5) is 0 Å². The highest BCUT2D eigenvalue weighted by atomic mass is 16.5. The molecule has 0 N–H and O–H groups in total. The summed E-state index contributed by atoms with van der Waals surface area (Å²) in [6.07, 6.45) is 5.94. The molecule has 0 bridgehead atoms. The first kappa shape index (κ1) is 27.9. The number of amides is 2. The minimum atomic E-state index is -0.886. The van der Waals surface area contributed by atoms with Gasteiger partial charge in [-0.05, 0) is 77.9 Å². The summed E-state index contributed by atoms with van der Waals surface area (Å²) in [6.45, 7) is 0.434. The molecule has 0 spiro atoms. The second-order valence-electron chi connectivity index (χ2n) is 9.34. The summed E-state index contributed by atoms with van der Waals surface area (Å²) in [5.41, 5.74) is 3.06. The summed E-state index contributed by atoms with van der Waals surface area (Å²) in [4.78, 5) is 24.9. The van der Waals surface area contributed by atoms with E-state index in [0.717, 1.165) is 65.2 Å². The molecule has 0 aromatic heterocycles. The van der Waals surface area contributed by atoms with E-state index in [1.165, 1.54) is 17.1 Å². The highest BCUT2D eigenvalue weighted by Gasteiger charge is 2.37. The molecule has 0 fully saturated rings. The molecule has 1 aliphatic heterocycles. The molecule has 0 atom stereocenters. The van der Waals surface area contributed by atoms with Gasteiger partial charge in [0.15, 0.2) is 0 Å². The quantitative estimate of drug-likeness (QED) is 0.170. The van der Waals surface area contributed by atoms with Crippen molar-refractivity contribution in [2.75, 3.05) is 35.0 Å². The van der Waals surface area contributed by atoms with Crippen LogP contribution >= 0.6 is 0 Å². The van der Waals surface area contributed by atoms with Gasteiger partial charge >= 0.3 is 0 Å². The summed E-state index contributed by atoms with van der Waals surface area (Å²) in [6, 6.07) is 22.0. The van der Waals surface area contributed by atoms with E-state index < -0.39 is 5.60 Å². The molecular formula is C32H35NO6. The molecule has 0 aliphatic carbocycles.